The third-order valence-electron chi connectivity index (χ3n) is 5.71. The number of carbonyl (C=O) groups is 1. The molecule has 1 aliphatic rings. The van der Waals surface area contributed by atoms with Crippen molar-refractivity contribution in [3.05, 3.63) is 63.4 Å². The number of esters is 1. The van der Waals surface area contributed by atoms with Gasteiger partial charge in [-0.15, -0.1) is 0 Å². The van der Waals surface area contributed by atoms with E-state index in [0.717, 1.165) is 23.8 Å². The number of para-hydroxylation sites is 1. The third-order valence-corrected chi connectivity index (χ3v) is 7.27. The van der Waals surface area contributed by atoms with Gasteiger partial charge in [0.15, 0.2) is 11.9 Å². The van der Waals surface area contributed by atoms with Crippen LogP contribution in [-0.2, 0) is 23.4 Å². The number of halogens is 1. The molecule has 0 bridgehead atoms. The molecule has 0 saturated carbocycles. The molecule has 12 nitrogen and oxygen atoms in total. The summed E-state index contributed by atoms with van der Waals surface area (Å²) in [5.41, 5.74) is -4.11. The van der Waals surface area contributed by atoms with Crippen LogP contribution in [-0.4, -0.2) is 58.3 Å². The number of carbonyl (C=O) groups excluding carboxylic acids is 1. The van der Waals surface area contributed by atoms with Crippen molar-refractivity contribution in [3.63, 3.8) is 0 Å². The number of alkyl halides is 1. The maximum absolute atomic E-state index is 15.5. The van der Waals surface area contributed by atoms with Crippen LogP contribution in [0, 0.1) is 5.92 Å². The number of nitrogens with zero attached hydrogens (tertiary/aromatic N) is 1. The molecule has 3 N–H and O–H groups in total. The summed E-state index contributed by atoms with van der Waals surface area (Å²) in [5.74, 6) is -0.530. The van der Waals surface area contributed by atoms with E-state index in [1.165, 1.54) is 19.2 Å². The molecule has 2 heterocycles. The van der Waals surface area contributed by atoms with Gasteiger partial charge in [0, 0.05) is 12.3 Å². The molecule has 1 aromatic carbocycles. The summed E-state index contributed by atoms with van der Waals surface area (Å²) in [6, 6.07) is 7.97. The number of aromatic nitrogens is 2. The number of aromatic amines is 1. The molecule has 0 spiro atoms. The molecular formula is C23H31FN3O9P. The predicted octanol–water partition coefficient (Wildman–Crippen LogP) is 1.90. The summed E-state index contributed by atoms with van der Waals surface area (Å²) < 4.78 is 51.6. The van der Waals surface area contributed by atoms with Crippen molar-refractivity contribution in [1.82, 2.24) is 14.6 Å². The van der Waals surface area contributed by atoms with E-state index in [4.69, 9.17) is 18.5 Å². The van der Waals surface area contributed by atoms with Crippen LogP contribution < -0.4 is 20.9 Å². The highest BCUT2D eigenvalue weighted by Gasteiger charge is 2.56. The lowest BCUT2D eigenvalue weighted by molar-refractivity contribution is -0.143. The van der Waals surface area contributed by atoms with E-state index in [0.29, 0.717) is 0 Å². The van der Waals surface area contributed by atoms with Gasteiger partial charge in [-0.1, -0.05) is 32.0 Å². The second-order valence-corrected chi connectivity index (χ2v) is 10.9. The molecule has 1 aliphatic heterocycles. The zero-order chi connectivity index (χ0) is 27.4. The van der Waals surface area contributed by atoms with Gasteiger partial charge < -0.3 is 19.1 Å². The fourth-order valence-corrected chi connectivity index (χ4v) is 5.37. The molecule has 0 amide bonds. The number of hydrogen-bond acceptors (Lipinski definition) is 9. The van der Waals surface area contributed by atoms with Crippen LogP contribution in [0.1, 0.15) is 33.4 Å². The predicted molar refractivity (Wildman–Crippen MR) is 130 cm³/mol. The molecule has 6 atom stereocenters. The molecule has 14 heteroatoms. The summed E-state index contributed by atoms with van der Waals surface area (Å²) >= 11 is 0. The molecule has 0 aliphatic carbocycles. The van der Waals surface area contributed by atoms with Gasteiger partial charge in [-0.2, -0.15) is 5.09 Å². The highest BCUT2D eigenvalue weighted by molar-refractivity contribution is 7.52. The first kappa shape index (κ1) is 28.7. The smallest absolute Gasteiger partial charge is 0.459 e. The lowest BCUT2D eigenvalue weighted by Crippen LogP contribution is -2.44. The summed E-state index contributed by atoms with van der Waals surface area (Å²) in [7, 11) is -3.14. The number of H-pyrrole nitrogens is 1. The number of nitrogens with one attached hydrogen (secondary N) is 2. The van der Waals surface area contributed by atoms with E-state index < -0.39 is 61.7 Å². The minimum atomic E-state index is -4.33. The molecule has 204 valence electrons. The maximum Gasteiger partial charge on any atom is 0.459 e. The van der Waals surface area contributed by atoms with Gasteiger partial charge in [0.2, 0.25) is 0 Å². The van der Waals surface area contributed by atoms with Gasteiger partial charge in [-0.25, -0.2) is 13.8 Å². The lowest BCUT2D eigenvalue weighted by atomic mass is 9.98. The highest BCUT2D eigenvalue weighted by atomic mass is 31.2. The first-order valence-electron chi connectivity index (χ1n) is 11.5. The second kappa shape index (κ2) is 11.7. The van der Waals surface area contributed by atoms with Crippen LogP contribution >= 0.6 is 7.75 Å². The fraction of sp³-hybridized carbons (Fsp3) is 0.522. The van der Waals surface area contributed by atoms with Gasteiger partial charge >= 0.3 is 19.4 Å². The number of aliphatic hydroxyl groups excluding tert-OH is 1. The Bertz CT molecular complexity index is 1230. The van der Waals surface area contributed by atoms with Crippen molar-refractivity contribution in [2.24, 2.45) is 5.92 Å². The fourth-order valence-electron chi connectivity index (χ4n) is 3.85. The maximum atomic E-state index is 15.5. The van der Waals surface area contributed by atoms with Gasteiger partial charge in [0.25, 0.3) is 5.56 Å². The van der Waals surface area contributed by atoms with Crippen molar-refractivity contribution in [1.29, 1.82) is 0 Å². The van der Waals surface area contributed by atoms with E-state index in [1.54, 1.807) is 18.2 Å². The number of methoxy groups -OCH3 is 1. The van der Waals surface area contributed by atoms with Crippen molar-refractivity contribution in [2.75, 3.05) is 13.7 Å². The van der Waals surface area contributed by atoms with Crippen LogP contribution in [0.3, 0.4) is 0 Å². The number of ether oxygens (including phenoxy) is 2. The van der Waals surface area contributed by atoms with E-state index in [2.05, 4.69) is 5.09 Å². The molecule has 1 aromatic heterocycles. The Hall–Kier alpha value is -2.83. The van der Waals surface area contributed by atoms with Crippen molar-refractivity contribution >= 4 is 13.7 Å². The quantitative estimate of drug-likeness (QED) is 0.282. The zero-order valence-corrected chi connectivity index (χ0v) is 21.7. The Morgan fingerprint density at radius 3 is 2.57 bits per heavy atom. The van der Waals surface area contributed by atoms with E-state index in [1.807, 2.05) is 18.8 Å². The van der Waals surface area contributed by atoms with Crippen LogP contribution in [0.15, 0.2) is 52.2 Å². The van der Waals surface area contributed by atoms with Crippen LogP contribution in [0.4, 0.5) is 4.39 Å². The molecule has 3 rings (SSSR count). The third kappa shape index (κ3) is 6.93. The number of aliphatic hydroxyl groups is 1. The number of hydrogen-bond donors (Lipinski definition) is 3. The van der Waals surface area contributed by atoms with E-state index >= 15 is 4.39 Å². The Morgan fingerprint density at radius 2 is 1.97 bits per heavy atom. The van der Waals surface area contributed by atoms with Gasteiger partial charge in [-0.3, -0.25) is 23.7 Å². The topological polar surface area (TPSA) is 158 Å². The van der Waals surface area contributed by atoms with Crippen molar-refractivity contribution < 1.29 is 37.4 Å². The minimum absolute atomic E-state index is 0.00499. The van der Waals surface area contributed by atoms with Gasteiger partial charge in [0.1, 0.15) is 24.0 Å². The minimum Gasteiger partial charge on any atom is -0.468 e. The summed E-state index contributed by atoms with van der Waals surface area (Å²) in [4.78, 5) is 37.9. The van der Waals surface area contributed by atoms with Crippen LogP contribution in [0.5, 0.6) is 5.75 Å². The van der Waals surface area contributed by atoms with E-state index in [-0.39, 0.29) is 18.1 Å². The lowest BCUT2D eigenvalue weighted by Gasteiger charge is -2.26. The monoisotopic (exact) mass is 543 g/mol. The number of benzene rings is 1. The molecule has 0 radical (unpaired) electrons. The zero-order valence-electron chi connectivity index (χ0n) is 20.8. The Morgan fingerprint density at radius 1 is 1.30 bits per heavy atom. The molecule has 1 saturated heterocycles. The molecule has 1 unspecified atom stereocenters. The summed E-state index contributed by atoms with van der Waals surface area (Å²) in [6.45, 7) is 4.09. The number of rotatable bonds is 11. The summed E-state index contributed by atoms with van der Waals surface area (Å²) in [5, 5.41) is 13.2. The largest absolute Gasteiger partial charge is 0.468 e. The van der Waals surface area contributed by atoms with Crippen LogP contribution in [0.25, 0.3) is 0 Å². The van der Waals surface area contributed by atoms with Gasteiger partial charge in [-0.05, 0) is 31.4 Å². The standard InChI is InChI=1S/C23H31FN3O9P/c1-14(2)12-16(20(30)33-4)26-37(32,36-15-8-6-5-7-9-15)34-13-17-19(29)23(3,24)21(35-17)27-11-10-18(28)25-22(27)31/h5-11,14,16-17,19,21,29H,12-13H2,1-4H3,(H,26,32)(H,25,28,31)/t16-,17+,19+,21+,23+,37?/m0/s1. The van der Waals surface area contributed by atoms with E-state index in [9.17, 15) is 24.1 Å². The molecule has 37 heavy (non-hydrogen) atoms. The Labute approximate surface area is 212 Å². The second-order valence-electron chi connectivity index (χ2n) is 9.17. The van der Waals surface area contributed by atoms with Crippen LogP contribution in [0.2, 0.25) is 0 Å². The Kier molecular flexibility index (Phi) is 9.09. The SMILES string of the molecule is COC(=O)[C@H](CC(C)C)NP(=O)(OC[C@H]1O[C@@H](n2ccc(=O)[nH]c2=O)[C@](C)(F)[C@@H]1O)Oc1ccccc1. The summed E-state index contributed by atoms with van der Waals surface area (Å²) in [6.07, 6.45) is -3.55. The average Bonchev–Trinajstić information content (AvgIpc) is 3.05. The molecule has 2 aromatic rings. The van der Waals surface area contributed by atoms with Crippen molar-refractivity contribution in [2.45, 2.75) is 57.3 Å². The van der Waals surface area contributed by atoms with Crippen molar-refractivity contribution in [3.8, 4) is 5.75 Å². The normalized spacial score (nSPS) is 26.0. The first-order chi connectivity index (χ1) is 17.4. The highest BCUT2D eigenvalue weighted by Crippen LogP contribution is 2.47. The average molecular weight is 543 g/mol. The molecular weight excluding hydrogens is 512 g/mol. The van der Waals surface area contributed by atoms with Gasteiger partial charge in [0.05, 0.1) is 13.7 Å². The Balaban J connectivity index is 1.84. The first-order valence-corrected chi connectivity index (χ1v) is 13.1. The molecule has 1 fully saturated rings.